The molecular formula is C28H45N3O7. The Morgan fingerprint density at radius 1 is 1.00 bits per heavy atom. The second-order valence-corrected chi connectivity index (χ2v) is 11.1. The van der Waals surface area contributed by atoms with Gasteiger partial charge in [-0.05, 0) is 65.9 Å². The van der Waals surface area contributed by atoms with E-state index in [2.05, 4.69) is 29.2 Å². The third kappa shape index (κ3) is 10.7. The zero-order chi connectivity index (χ0) is 29.2. The summed E-state index contributed by atoms with van der Waals surface area (Å²) in [5.74, 6) is -1.52. The third-order valence-electron chi connectivity index (χ3n) is 5.78. The summed E-state index contributed by atoms with van der Waals surface area (Å²) in [6, 6.07) is 2.62. The molecule has 38 heavy (non-hydrogen) atoms. The smallest absolute Gasteiger partial charge is 0.408 e. The molecule has 0 fully saturated rings. The molecule has 0 saturated heterocycles. The number of methoxy groups -OCH3 is 1. The van der Waals surface area contributed by atoms with Crippen molar-refractivity contribution in [3.05, 3.63) is 34.9 Å². The number of aliphatic hydroxyl groups is 1. The van der Waals surface area contributed by atoms with Gasteiger partial charge in [0.25, 0.3) is 0 Å². The Hall–Kier alpha value is -3.14. The lowest BCUT2D eigenvalue weighted by atomic mass is 9.95. The molecule has 0 aliphatic carbocycles. The summed E-state index contributed by atoms with van der Waals surface area (Å²) in [6.07, 6.45) is 0.481. The van der Waals surface area contributed by atoms with Gasteiger partial charge in [-0.3, -0.25) is 14.4 Å². The van der Waals surface area contributed by atoms with E-state index in [1.54, 1.807) is 32.9 Å². The molecule has 0 aliphatic rings. The number of benzene rings is 1. The van der Waals surface area contributed by atoms with Gasteiger partial charge >= 0.3 is 12.1 Å². The maximum absolute atomic E-state index is 14.0. The SMILES string of the molecule is COC(=O)CNC(=O)C(c1cc(C)cc(C)c1)N(C(=O)C(CO)NC(=O)OC(C)(C)C)C(C)CCC(C)C. The summed E-state index contributed by atoms with van der Waals surface area (Å²) in [7, 11) is 1.22. The van der Waals surface area contributed by atoms with Crippen LogP contribution in [0.5, 0.6) is 0 Å². The minimum absolute atomic E-state index is 0.343. The van der Waals surface area contributed by atoms with Crippen molar-refractivity contribution in [2.24, 2.45) is 5.92 Å². The molecule has 0 heterocycles. The minimum Gasteiger partial charge on any atom is -0.468 e. The Kier molecular flexibility index (Phi) is 12.7. The summed E-state index contributed by atoms with van der Waals surface area (Å²) in [4.78, 5) is 53.2. The molecule has 0 aromatic heterocycles. The van der Waals surface area contributed by atoms with Gasteiger partial charge in [0.15, 0.2) is 0 Å². The van der Waals surface area contributed by atoms with Crippen molar-refractivity contribution in [3.63, 3.8) is 0 Å². The first kappa shape index (κ1) is 32.9. The fourth-order valence-electron chi connectivity index (χ4n) is 4.06. The van der Waals surface area contributed by atoms with Crippen LogP contribution in [-0.2, 0) is 23.9 Å². The summed E-state index contributed by atoms with van der Waals surface area (Å²) in [6.45, 7) is 13.7. The first-order valence-electron chi connectivity index (χ1n) is 12.9. The average Bonchev–Trinajstić information content (AvgIpc) is 2.80. The molecule has 1 aromatic carbocycles. The van der Waals surface area contributed by atoms with Gasteiger partial charge < -0.3 is 30.1 Å². The molecule has 3 N–H and O–H groups in total. The number of nitrogens with zero attached hydrogens (tertiary/aromatic N) is 1. The fraction of sp³-hybridized carbons (Fsp3) is 0.643. The van der Waals surface area contributed by atoms with Gasteiger partial charge in [-0.1, -0.05) is 43.2 Å². The Bertz CT molecular complexity index is 951. The van der Waals surface area contributed by atoms with Crippen LogP contribution in [-0.4, -0.2) is 71.8 Å². The predicted molar refractivity (Wildman–Crippen MR) is 144 cm³/mol. The Balaban J connectivity index is 3.59. The van der Waals surface area contributed by atoms with Crippen LogP contribution in [0.15, 0.2) is 18.2 Å². The van der Waals surface area contributed by atoms with E-state index in [-0.39, 0.29) is 6.54 Å². The first-order chi connectivity index (χ1) is 17.6. The van der Waals surface area contributed by atoms with Crippen molar-refractivity contribution in [3.8, 4) is 0 Å². The lowest BCUT2D eigenvalue weighted by Crippen LogP contribution is -2.57. The zero-order valence-electron chi connectivity index (χ0n) is 24.2. The maximum Gasteiger partial charge on any atom is 0.408 e. The molecular weight excluding hydrogens is 490 g/mol. The highest BCUT2D eigenvalue weighted by Gasteiger charge is 2.39. The first-order valence-corrected chi connectivity index (χ1v) is 12.9. The van der Waals surface area contributed by atoms with Gasteiger partial charge in [0.1, 0.15) is 24.2 Å². The molecule has 3 amide bonds. The summed E-state index contributed by atoms with van der Waals surface area (Å²) in [5, 5.41) is 15.1. The van der Waals surface area contributed by atoms with Crippen LogP contribution in [0, 0.1) is 19.8 Å². The monoisotopic (exact) mass is 535 g/mol. The molecule has 214 valence electrons. The van der Waals surface area contributed by atoms with Gasteiger partial charge in [-0.2, -0.15) is 0 Å². The van der Waals surface area contributed by atoms with Gasteiger partial charge in [0, 0.05) is 6.04 Å². The highest BCUT2D eigenvalue weighted by atomic mass is 16.6. The number of ether oxygens (including phenoxy) is 2. The molecule has 0 bridgehead atoms. The number of amides is 3. The fourth-order valence-corrected chi connectivity index (χ4v) is 4.06. The van der Waals surface area contributed by atoms with Crippen molar-refractivity contribution in [2.45, 2.75) is 92.0 Å². The average molecular weight is 536 g/mol. The number of aryl methyl sites for hydroxylation is 2. The molecule has 0 aliphatic heterocycles. The normalized spacial score (nSPS) is 13.8. The molecule has 3 unspecified atom stereocenters. The van der Waals surface area contributed by atoms with Gasteiger partial charge in [-0.25, -0.2) is 4.79 Å². The van der Waals surface area contributed by atoms with Crippen molar-refractivity contribution in [1.29, 1.82) is 0 Å². The molecule has 1 aromatic rings. The molecule has 10 heteroatoms. The second kappa shape index (κ2) is 14.7. The minimum atomic E-state index is -1.35. The van der Waals surface area contributed by atoms with Crippen molar-refractivity contribution in [2.75, 3.05) is 20.3 Å². The van der Waals surface area contributed by atoms with E-state index in [1.807, 2.05) is 26.8 Å². The molecule has 0 radical (unpaired) electrons. The van der Waals surface area contributed by atoms with Crippen LogP contribution in [0.4, 0.5) is 4.79 Å². The number of alkyl carbamates (subject to hydrolysis) is 1. The van der Waals surface area contributed by atoms with Crippen LogP contribution in [0.25, 0.3) is 0 Å². The summed E-state index contributed by atoms with van der Waals surface area (Å²) in [5.41, 5.74) is 1.51. The highest BCUT2D eigenvalue weighted by Crippen LogP contribution is 2.29. The predicted octanol–water partition coefficient (Wildman–Crippen LogP) is 3.17. The number of hydrogen-bond donors (Lipinski definition) is 3. The maximum atomic E-state index is 14.0. The second-order valence-electron chi connectivity index (χ2n) is 11.1. The lowest BCUT2D eigenvalue weighted by molar-refractivity contribution is -0.147. The quantitative estimate of drug-likeness (QED) is 0.350. The number of esters is 1. The zero-order valence-corrected chi connectivity index (χ0v) is 24.2. The van der Waals surface area contributed by atoms with Gasteiger partial charge in [-0.15, -0.1) is 0 Å². The van der Waals surface area contributed by atoms with Gasteiger partial charge in [0.05, 0.1) is 13.7 Å². The highest BCUT2D eigenvalue weighted by molar-refractivity contribution is 5.93. The Labute approximate surface area is 226 Å². The van der Waals surface area contributed by atoms with Crippen molar-refractivity contribution >= 4 is 23.9 Å². The van der Waals surface area contributed by atoms with Crippen LogP contribution in [0.2, 0.25) is 0 Å². The van der Waals surface area contributed by atoms with Crippen molar-refractivity contribution in [1.82, 2.24) is 15.5 Å². The summed E-state index contributed by atoms with van der Waals surface area (Å²) >= 11 is 0. The van der Waals surface area contributed by atoms with E-state index >= 15 is 0 Å². The number of nitrogens with one attached hydrogen (secondary N) is 2. The van der Waals surface area contributed by atoms with E-state index < -0.39 is 54.2 Å². The molecule has 1 rings (SSSR count). The van der Waals surface area contributed by atoms with Crippen LogP contribution < -0.4 is 10.6 Å². The molecule has 3 atom stereocenters. The van der Waals surface area contributed by atoms with E-state index in [0.717, 1.165) is 17.5 Å². The third-order valence-corrected chi connectivity index (χ3v) is 5.78. The largest absolute Gasteiger partial charge is 0.468 e. The topological polar surface area (TPSA) is 134 Å². The van der Waals surface area contributed by atoms with Crippen molar-refractivity contribution < 1.29 is 33.8 Å². The number of rotatable bonds is 12. The standard InChI is InChI=1S/C28H45N3O7/c1-17(2)10-11-20(5)31(26(35)22(16-32)30-27(36)38-28(6,7)8)24(25(34)29-15-23(33)37-9)21-13-18(3)12-19(4)14-21/h12-14,17,20,22,24,32H,10-11,15-16H2,1-9H3,(H,29,34)(H,30,36). The van der Waals surface area contributed by atoms with Crippen LogP contribution >= 0.6 is 0 Å². The number of aliphatic hydroxyl groups excluding tert-OH is 1. The van der Waals surface area contributed by atoms with Crippen LogP contribution in [0.1, 0.15) is 77.1 Å². The lowest BCUT2D eigenvalue weighted by Gasteiger charge is -2.38. The molecule has 0 spiro atoms. The van der Waals surface area contributed by atoms with Gasteiger partial charge in [0.2, 0.25) is 11.8 Å². The van der Waals surface area contributed by atoms with Crippen LogP contribution in [0.3, 0.4) is 0 Å². The van der Waals surface area contributed by atoms with E-state index in [4.69, 9.17) is 4.74 Å². The number of hydrogen-bond acceptors (Lipinski definition) is 7. The van der Waals surface area contributed by atoms with E-state index in [9.17, 15) is 24.3 Å². The van der Waals surface area contributed by atoms with E-state index in [0.29, 0.717) is 17.9 Å². The van der Waals surface area contributed by atoms with E-state index in [1.165, 1.54) is 12.0 Å². The molecule has 0 saturated carbocycles. The Morgan fingerprint density at radius 2 is 1.58 bits per heavy atom. The number of carbonyl (C=O) groups excluding carboxylic acids is 4. The molecule has 10 nitrogen and oxygen atoms in total. The Morgan fingerprint density at radius 3 is 2.05 bits per heavy atom. The number of carbonyl (C=O) groups is 4. The summed E-state index contributed by atoms with van der Waals surface area (Å²) < 4.78 is 9.93.